The van der Waals surface area contributed by atoms with E-state index >= 15 is 0 Å². The maximum Gasteiger partial charge on any atom is 0.309 e. The van der Waals surface area contributed by atoms with Crippen LogP contribution in [0.15, 0.2) is 0 Å². The summed E-state index contributed by atoms with van der Waals surface area (Å²) < 4.78 is 25.9. The van der Waals surface area contributed by atoms with E-state index < -0.39 is 5.79 Å². The van der Waals surface area contributed by atoms with Gasteiger partial charge < -0.3 is 23.7 Å². The molecular formula is C25H44O8. The molecule has 0 amide bonds. The Kier molecular flexibility index (Phi) is 12.4. The maximum atomic E-state index is 11.4. The molecule has 0 aromatic heterocycles. The second-order valence-electron chi connectivity index (χ2n) is 9.55. The first-order valence-electron chi connectivity index (χ1n) is 12.3. The number of carbonyl (C=O) groups is 3. The van der Waals surface area contributed by atoms with Gasteiger partial charge in [-0.25, -0.2) is 0 Å². The molecular weight excluding hydrogens is 428 g/mol. The largest absolute Gasteiger partial charge is 0.466 e. The molecule has 0 aromatic carbocycles. The fourth-order valence-electron chi connectivity index (χ4n) is 3.79. The molecule has 0 aromatic rings. The molecule has 8 heteroatoms. The Morgan fingerprint density at radius 1 is 0.970 bits per heavy atom. The second-order valence-corrected chi connectivity index (χ2v) is 9.55. The molecule has 3 aliphatic heterocycles. The van der Waals surface area contributed by atoms with Crippen molar-refractivity contribution in [1.29, 1.82) is 0 Å². The van der Waals surface area contributed by atoms with Gasteiger partial charge in [-0.2, -0.15) is 0 Å². The normalized spacial score (nSPS) is 30.8. The van der Waals surface area contributed by atoms with E-state index in [4.69, 9.17) is 23.7 Å². The zero-order chi connectivity index (χ0) is 25.2. The summed E-state index contributed by atoms with van der Waals surface area (Å²) in [5.41, 5.74) is 0. The summed E-state index contributed by atoms with van der Waals surface area (Å²) in [5, 5.41) is 0. The number of ether oxygens (including phenoxy) is 5. The van der Waals surface area contributed by atoms with E-state index in [1.54, 1.807) is 0 Å². The van der Waals surface area contributed by atoms with Crippen LogP contribution in [0.3, 0.4) is 0 Å². The lowest BCUT2D eigenvalue weighted by molar-refractivity contribution is -0.153. The van der Waals surface area contributed by atoms with Crippen molar-refractivity contribution in [3.8, 4) is 0 Å². The number of cyclic esters (lactones) is 2. The SMILES string of the molecule is CCC1C[C@@H](C)C(=O)O1.CCC1C[C@H](C)C(=O)O1.CCOC(=O)C(C)C[C@H]1COC(C)(C)O1. The van der Waals surface area contributed by atoms with E-state index in [-0.39, 0.29) is 54.0 Å². The van der Waals surface area contributed by atoms with E-state index in [0.717, 1.165) is 25.7 Å². The van der Waals surface area contributed by atoms with Gasteiger partial charge in [0.1, 0.15) is 12.2 Å². The van der Waals surface area contributed by atoms with Gasteiger partial charge in [-0.3, -0.25) is 14.4 Å². The van der Waals surface area contributed by atoms with Gasteiger partial charge in [-0.15, -0.1) is 0 Å². The Morgan fingerprint density at radius 3 is 1.73 bits per heavy atom. The predicted octanol–water partition coefficient (Wildman–Crippen LogP) is 4.42. The van der Waals surface area contributed by atoms with Crippen LogP contribution in [-0.4, -0.2) is 55.2 Å². The molecule has 0 N–H and O–H groups in total. The third-order valence-electron chi connectivity index (χ3n) is 5.89. The summed E-state index contributed by atoms with van der Waals surface area (Å²) >= 11 is 0. The Morgan fingerprint density at radius 2 is 1.45 bits per heavy atom. The minimum absolute atomic E-state index is 0.000550. The Balaban J connectivity index is 0.000000261. The highest BCUT2D eigenvalue weighted by Crippen LogP contribution is 2.26. The van der Waals surface area contributed by atoms with Crippen LogP contribution in [0, 0.1) is 17.8 Å². The fourth-order valence-corrected chi connectivity index (χ4v) is 3.79. The van der Waals surface area contributed by atoms with Crippen molar-refractivity contribution in [3.63, 3.8) is 0 Å². The average Bonchev–Trinajstić information content (AvgIpc) is 3.39. The predicted molar refractivity (Wildman–Crippen MR) is 123 cm³/mol. The third-order valence-corrected chi connectivity index (χ3v) is 5.89. The van der Waals surface area contributed by atoms with Gasteiger partial charge >= 0.3 is 17.9 Å². The lowest BCUT2D eigenvalue weighted by atomic mass is 10.0. The van der Waals surface area contributed by atoms with Gasteiger partial charge in [-0.05, 0) is 52.9 Å². The maximum absolute atomic E-state index is 11.4. The Bertz CT molecular complexity index is 602. The van der Waals surface area contributed by atoms with Crippen molar-refractivity contribution in [1.82, 2.24) is 0 Å². The van der Waals surface area contributed by atoms with Crippen LogP contribution in [0.2, 0.25) is 0 Å². The lowest BCUT2D eigenvalue weighted by Gasteiger charge is -2.18. The van der Waals surface area contributed by atoms with Gasteiger partial charge in [-0.1, -0.05) is 34.6 Å². The molecule has 3 aliphatic rings. The molecule has 0 spiro atoms. The van der Waals surface area contributed by atoms with Gasteiger partial charge in [0.25, 0.3) is 0 Å². The fraction of sp³-hybridized carbons (Fsp3) is 0.880. The van der Waals surface area contributed by atoms with Crippen LogP contribution in [0.5, 0.6) is 0 Å². The number of esters is 3. The van der Waals surface area contributed by atoms with E-state index in [9.17, 15) is 14.4 Å². The van der Waals surface area contributed by atoms with Crippen molar-refractivity contribution in [2.45, 2.75) is 112 Å². The molecule has 0 radical (unpaired) electrons. The molecule has 6 atom stereocenters. The van der Waals surface area contributed by atoms with Crippen LogP contribution < -0.4 is 0 Å². The van der Waals surface area contributed by atoms with Crippen LogP contribution in [0.25, 0.3) is 0 Å². The first-order chi connectivity index (χ1) is 15.4. The summed E-state index contributed by atoms with van der Waals surface area (Å²) in [6.45, 7) is 16.3. The average molecular weight is 473 g/mol. The number of hydrogen-bond acceptors (Lipinski definition) is 8. The van der Waals surface area contributed by atoms with E-state index in [1.165, 1.54) is 0 Å². The molecule has 0 saturated carbocycles. The highest BCUT2D eigenvalue weighted by atomic mass is 16.7. The standard InChI is InChI=1S/C11H20O4.2C7H12O2/c1-5-13-10(12)8(2)6-9-7-14-11(3,4)15-9;2*1-3-6-4-5(2)7(8)9-6/h8-9H,5-7H2,1-4H3;2*5-6H,3-4H2,1-2H3/t8?,9-;2*5-,6?/m010/s1. The van der Waals surface area contributed by atoms with Crippen molar-refractivity contribution in [2.24, 2.45) is 17.8 Å². The van der Waals surface area contributed by atoms with E-state index in [2.05, 4.69) is 0 Å². The van der Waals surface area contributed by atoms with Crippen molar-refractivity contribution >= 4 is 17.9 Å². The van der Waals surface area contributed by atoms with Crippen molar-refractivity contribution in [3.05, 3.63) is 0 Å². The summed E-state index contributed by atoms with van der Waals surface area (Å²) in [6, 6.07) is 0. The van der Waals surface area contributed by atoms with E-state index in [1.807, 2.05) is 55.4 Å². The van der Waals surface area contributed by atoms with Gasteiger partial charge in [0, 0.05) is 0 Å². The molecule has 3 heterocycles. The van der Waals surface area contributed by atoms with Crippen LogP contribution in [0.1, 0.15) is 87.5 Å². The molecule has 3 fully saturated rings. The first kappa shape index (κ1) is 29.4. The smallest absolute Gasteiger partial charge is 0.309 e. The van der Waals surface area contributed by atoms with Crippen LogP contribution >= 0.6 is 0 Å². The van der Waals surface area contributed by atoms with Crippen molar-refractivity contribution < 1.29 is 38.1 Å². The number of rotatable bonds is 6. The highest BCUT2D eigenvalue weighted by Gasteiger charge is 2.34. The quantitative estimate of drug-likeness (QED) is 0.414. The van der Waals surface area contributed by atoms with Crippen LogP contribution in [-0.2, 0) is 38.1 Å². The monoisotopic (exact) mass is 472 g/mol. The minimum Gasteiger partial charge on any atom is -0.466 e. The molecule has 0 bridgehead atoms. The summed E-state index contributed by atoms with van der Waals surface area (Å²) in [4.78, 5) is 32.8. The van der Waals surface area contributed by atoms with Gasteiger partial charge in [0.15, 0.2) is 5.79 Å². The zero-order valence-electron chi connectivity index (χ0n) is 21.7. The zero-order valence-corrected chi connectivity index (χ0v) is 21.7. The van der Waals surface area contributed by atoms with Gasteiger partial charge in [0.2, 0.25) is 0 Å². The summed E-state index contributed by atoms with van der Waals surface area (Å²) in [5.74, 6) is -0.592. The van der Waals surface area contributed by atoms with Crippen molar-refractivity contribution in [2.75, 3.05) is 13.2 Å². The molecule has 3 saturated heterocycles. The third kappa shape index (κ3) is 10.4. The molecule has 3 unspecified atom stereocenters. The second kappa shape index (κ2) is 13.9. The summed E-state index contributed by atoms with van der Waals surface area (Å²) in [6.07, 6.45) is 4.79. The Labute approximate surface area is 199 Å². The molecule has 192 valence electrons. The molecule has 33 heavy (non-hydrogen) atoms. The number of carbonyl (C=O) groups excluding carboxylic acids is 3. The molecule has 0 aliphatic carbocycles. The first-order valence-corrected chi connectivity index (χ1v) is 12.3. The number of hydrogen-bond donors (Lipinski definition) is 0. The highest BCUT2D eigenvalue weighted by molar-refractivity contribution is 5.74. The van der Waals surface area contributed by atoms with Crippen LogP contribution in [0.4, 0.5) is 0 Å². The molecule has 8 nitrogen and oxygen atoms in total. The minimum atomic E-state index is -0.515. The molecule has 3 rings (SSSR count). The summed E-state index contributed by atoms with van der Waals surface area (Å²) in [7, 11) is 0. The van der Waals surface area contributed by atoms with Gasteiger partial charge in [0.05, 0.1) is 37.1 Å². The lowest BCUT2D eigenvalue weighted by Crippen LogP contribution is -2.25. The Hall–Kier alpha value is -1.67. The van der Waals surface area contributed by atoms with E-state index in [0.29, 0.717) is 19.6 Å². The topological polar surface area (TPSA) is 97.4 Å².